The van der Waals surface area contributed by atoms with Crippen molar-refractivity contribution in [3.8, 4) is 0 Å². The highest BCUT2D eigenvalue weighted by Crippen LogP contribution is 2.04. The highest BCUT2D eigenvalue weighted by Gasteiger charge is 2.29. The molecule has 0 saturated carbocycles. The summed E-state index contributed by atoms with van der Waals surface area (Å²) in [4.78, 5) is 8.56. The number of aliphatic hydroxyl groups is 5. The topological polar surface area (TPSA) is 171 Å². The maximum absolute atomic E-state index is 9.21. The lowest BCUT2D eigenvalue weighted by Crippen LogP contribution is -2.48. The summed E-state index contributed by atoms with van der Waals surface area (Å²) in [6.45, 7) is -0.569. The number of aliphatic hydroxyl groups excluding tert-OH is 5. The van der Waals surface area contributed by atoms with Gasteiger partial charge in [0.2, 0.25) is 0 Å². The molecule has 0 saturated heterocycles. The molecule has 0 heterocycles. The SMILES string of the molecule is CNC[C@H](O)[C@@H](O)[C@H](O)[C@H](O)CO.O=C(O)O. The first-order valence-electron chi connectivity index (χ1n) is 4.67. The average molecular weight is 257 g/mol. The summed E-state index contributed by atoms with van der Waals surface area (Å²) in [6.07, 6.45) is -7.48. The predicted octanol–water partition coefficient (Wildman–Crippen LogP) is -3.14. The zero-order valence-electron chi connectivity index (χ0n) is 9.26. The van der Waals surface area contributed by atoms with Crippen molar-refractivity contribution in [2.45, 2.75) is 24.4 Å². The van der Waals surface area contributed by atoms with E-state index in [4.69, 9.17) is 35.4 Å². The zero-order valence-corrected chi connectivity index (χ0v) is 9.26. The van der Waals surface area contributed by atoms with Crippen molar-refractivity contribution in [2.75, 3.05) is 20.2 Å². The fourth-order valence-electron chi connectivity index (χ4n) is 0.893. The molecule has 4 atom stereocenters. The molecule has 9 heteroatoms. The lowest BCUT2D eigenvalue weighted by Gasteiger charge is -2.25. The van der Waals surface area contributed by atoms with Crippen LogP contribution >= 0.6 is 0 Å². The highest BCUT2D eigenvalue weighted by molar-refractivity contribution is 5.53. The first-order valence-corrected chi connectivity index (χ1v) is 4.67. The second-order valence-corrected chi connectivity index (χ2v) is 3.14. The van der Waals surface area contributed by atoms with Gasteiger partial charge in [-0.2, -0.15) is 0 Å². The van der Waals surface area contributed by atoms with Gasteiger partial charge in [0.05, 0.1) is 12.7 Å². The van der Waals surface area contributed by atoms with Crippen LogP contribution in [0.1, 0.15) is 0 Å². The third-order valence-electron chi connectivity index (χ3n) is 1.74. The predicted molar refractivity (Wildman–Crippen MR) is 55.7 cm³/mol. The van der Waals surface area contributed by atoms with Gasteiger partial charge < -0.3 is 41.1 Å². The largest absolute Gasteiger partial charge is 0.503 e. The molecule has 0 radical (unpaired) electrons. The summed E-state index contributed by atoms with van der Waals surface area (Å²) >= 11 is 0. The summed E-state index contributed by atoms with van der Waals surface area (Å²) in [6, 6.07) is 0. The van der Waals surface area contributed by atoms with Crippen LogP contribution in [0.15, 0.2) is 0 Å². The Bertz CT molecular complexity index is 198. The molecule has 0 aliphatic rings. The summed E-state index contributed by atoms with van der Waals surface area (Å²) in [5.74, 6) is 0. The van der Waals surface area contributed by atoms with E-state index in [2.05, 4.69) is 5.32 Å². The molecule has 8 N–H and O–H groups in total. The van der Waals surface area contributed by atoms with Crippen LogP contribution in [-0.2, 0) is 0 Å². The monoisotopic (exact) mass is 257 g/mol. The van der Waals surface area contributed by atoms with Crippen LogP contribution in [-0.4, -0.2) is 86.5 Å². The molecule has 0 unspecified atom stereocenters. The number of hydrogen-bond donors (Lipinski definition) is 8. The fraction of sp³-hybridized carbons (Fsp3) is 0.875. The minimum absolute atomic E-state index is 0.0936. The first kappa shape index (κ1) is 18.4. The molecule has 0 rings (SSSR count). The van der Waals surface area contributed by atoms with E-state index in [0.29, 0.717) is 0 Å². The molecule has 0 aromatic carbocycles. The Balaban J connectivity index is 0. The minimum Gasteiger partial charge on any atom is -0.450 e. The standard InChI is InChI=1S/C7H17NO5.CH2O3/c1-8-2-4(10)6(12)7(13)5(11)3-9;2-1(3)4/h4-13H,2-3H2,1H3;(H2,2,3,4)/t4-,5+,6+,7+;/m0./s1. The summed E-state index contributed by atoms with van der Waals surface area (Å²) in [5.41, 5.74) is 0. The molecule has 0 amide bonds. The van der Waals surface area contributed by atoms with Gasteiger partial charge in [0.15, 0.2) is 0 Å². The van der Waals surface area contributed by atoms with Crippen molar-refractivity contribution in [1.29, 1.82) is 0 Å². The molecule has 0 aliphatic heterocycles. The van der Waals surface area contributed by atoms with Crippen molar-refractivity contribution in [3.63, 3.8) is 0 Å². The van der Waals surface area contributed by atoms with Crippen molar-refractivity contribution in [3.05, 3.63) is 0 Å². The number of rotatable bonds is 6. The van der Waals surface area contributed by atoms with Crippen molar-refractivity contribution >= 4 is 6.16 Å². The summed E-state index contributed by atoms with van der Waals surface area (Å²) in [5, 5.41) is 61.4. The second kappa shape index (κ2) is 10.2. The lowest BCUT2D eigenvalue weighted by atomic mass is 10.0. The summed E-state index contributed by atoms with van der Waals surface area (Å²) in [7, 11) is 1.57. The van der Waals surface area contributed by atoms with Gasteiger partial charge in [-0.3, -0.25) is 0 Å². The minimum atomic E-state index is -1.83. The highest BCUT2D eigenvalue weighted by atomic mass is 16.6. The molecule has 104 valence electrons. The number of carboxylic acid groups (broad SMARTS) is 2. The Morgan fingerprint density at radius 1 is 1.06 bits per heavy atom. The van der Waals surface area contributed by atoms with Gasteiger partial charge in [-0.05, 0) is 7.05 Å². The quantitative estimate of drug-likeness (QED) is 0.245. The van der Waals surface area contributed by atoms with Gasteiger partial charge in [0.25, 0.3) is 0 Å². The van der Waals surface area contributed by atoms with Crippen LogP contribution in [0.25, 0.3) is 0 Å². The van der Waals surface area contributed by atoms with E-state index < -0.39 is 37.2 Å². The van der Waals surface area contributed by atoms with Gasteiger partial charge in [-0.1, -0.05) is 0 Å². The number of likely N-dealkylation sites (N-methyl/N-ethyl adjacent to an activating group) is 1. The number of nitrogens with one attached hydrogen (secondary N) is 1. The van der Waals surface area contributed by atoms with Gasteiger partial charge in [-0.15, -0.1) is 0 Å². The maximum atomic E-state index is 9.21. The van der Waals surface area contributed by atoms with Gasteiger partial charge in [0.1, 0.15) is 18.3 Å². The molecule has 17 heavy (non-hydrogen) atoms. The van der Waals surface area contributed by atoms with E-state index >= 15 is 0 Å². The van der Waals surface area contributed by atoms with E-state index in [1.165, 1.54) is 0 Å². The van der Waals surface area contributed by atoms with Gasteiger partial charge >= 0.3 is 6.16 Å². The second-order valence-electron chi connectivity index (χ2n) is 3.14. The van der Waals surface area contributed by atoms with Crippen LogP contribution < -0.4 is 5.32 Å². The normalized spacial score (nSPS) is 17.3. The molecule has 0 aromatic heterocycles. The van der Waals surface area contributed by atoms with E-state index in [9.17, 15) is 5.11 Å². The Hall–Kier alpha value is -0.970. The third kappa shape index (κ3) is 9.93. The fourth-order valence-corrected chi connectivity index (χ4v) is 0.893. The smallest absolute Gasteiger partial charge is 0.450 e. The van der Waals surface area contributed by atoms with Crippen LogP contribution in [0.4, 0.5) is 4.79 Å². The van der Waals surface area contributed by atoms with E-state index in [1.54, 1.807) is 7.05 Å². The maximum Gasteiger partial charge on any atom is 0.503 e. The van der Waals surface area contributed by atoms with Gasteiger partial charge in [-0.25, -0.2) is 4.79 Å². The van der Waals surface area contributed by atoms with Gasteiger partial charge in [0, 0.05) is 6.54 Å². The van der Waals surface area contributed by atoms with Crippen LogP contribution in [0, 0.1) is 0 Å². The average Bonchev–Trinajstić information content (AvgIpc) is 2.25. The van der Waals surface area contributed by atoms with Crippen molar-refractivity contribution in [2.24, 2.45) is 0 Å². The van der Waals surface area contributed by atoms with Crippen molar-refractivity contribution in [1.82, 2.24) is 5.32 Å². The molecule has 0 aromatic rings. The zero-order chi connectivity index (χ0) is 14.0. The molecular weight excluding hydrogens is 238 g/mol. The van der Waals surface area contributed by atoms with Crippen molar-refractivity contribution < 1.29 is 40.5 Å². The van der Waals surface area contributed by atoms with E-state index in [1.807, 2.05) is 0 Å². The molecule has 0 bridgehead atoms. The van der Waals surface area contributed by atoms with Crippen LogP contribution in [0.2, 0.25) is 0 Å². The third-order valence-corrected chi connectivity index (χ3v) is 1.74. The lowest BCUT2D eigenvalue weighted by molar-refractivity contribution is -0.113. The Kier molecular flexibility index (Phi) is 11.0. The summed E-state index contributed by atoms with van der Waals surface area (Å²) < 4.78 is 0. The molecule has 0 fully saturated rings. The molecule has 0 spiro atoms. The Labute approximate surface area is 97.6 Å². The molecule has 9 nitrogen and oxygen atoms in total. The van der Waals surface area contributed by atoms with E-state index in [0.717, 1.165) is 0 Å². The molecule has 0 aliphatic carbocycles. The number of carbonyl (C=O) groups is 1. The Morgan fingerprint density at radius 2 is 1.41 bits per heavy atom. The molecular formula is C8H19NO8. The number of hydrogen-bond acceptors (Lipinski definition) is 7. The van der Waals surface area contributed by atoms with E-state index in [-0.39, 0.29) is 6.54 Å². The first-order chi connectivity index (χ1) is 7.77. The van der Waals surface area contributed by atoms with Crippen LogP contribution in [0.3, 0.4) is 0 Å². The Morgan fingerprint density at radius 3 is 1.71 bits per heavy atom. The van der Waals surface area contributed by atoms with Crippen LogP contribution in [0.5, 0.6) is 0 Å².